The minimum Gasteiger partial charge on any atom is -0.467 e. The summed E-state index contributed by atoms with van der Waals surface area (Å²) < 4.78 is 24.5. The SMILES string of the molecule is CCc1nc(OCC(=O)N[C@H](C)c2ccccc2)c2c(-c3ccc(F)cc3)noc2n1. The molecule has 2 aromatic carbocycles. The summed E-state index contributed by atoms with van der Waals surface area (Å²) >= 11 is 0. The van der Waals surface area contributed by atoms with E-state index in [0.29, 0.717) is 28.9 Å². The number of hydrogen-bond acceptors (Lipinski definition) is 6. The van der Waals surface area contributed by atoms with E-state index in [1.54, 1.807) is 12.1 Å². The molecular formula is C23H21FN4O3. The van der Waals surface area contributed by atoms with Crippen LogP contribution in [0.3, 0.4) is 0 Å². The smallest absolute Gasteiger partial charge is 0.265 e. The van der Waals surface area contributed by atoms with Crippen LogP contribution in [0.2, 0.25) is 0 Å². The van der Waals surface area contributed by atoms with Crippen LogP contribution in [-0.2, 0) is 11.2 Å². The lowest BCUT2D eigenvalue weighted by molar-refractivity contribution is -0.123. The molecule has 0 saturated carbocycles. The second-order valence-corrected chi connectivity index (χ2v) is 7.01. The summed E-state index contributed by atoms with van der Waals surface area (Å²) in [6, 6.07) is 15.3. The summed E-state index contributed by atoms with van der Waals surface area (Å²) in [4.78, 5) is 21.2. The first kappa shape index (κ1) is 20.5. The Balaban J connectivity index is 1.58. The Hall–Kier alpha value is -3.81. The average Bonchev–Trinajstić information content (AvgIpc) is 3.22. The molecule has 0 bridgehead atoms. The molecule has 1 atom stereocenters. The van der Waals surface area contributed by atoms with Gasteiger partial charge >= 0.3 is 0 Å². The first-order chi connectivity index (χ1) is 15.0. The van der Waals surface area contributed by atoms with E-state index in [1.165, 1.54) is 12.1 Å². The van der Waals surface area contributed by atoms with Crippen molar-refractivity contribution in [3.05, 3.63) is 71.8 Å². The van der Waals surface area contributed by atoms with E-state index in [-0.39, 0.29) is 36.0 Å². The molecule has 1 amide bonds. The van der Waals surface area contributed by atoms with Crippen molar-refractivity contribution in [1.29, 1.82) is 0 Å². The summed E-state index contributed by atoms with van der Waals surface area (Å²) in [7, 11) is 0. The van der Waals surface area contributed by atoms with E-state index in [4.69, 9.17) is 9.26 Å². The maximum Gasteiger partial charge on any atom is 0.265 e. The zero-order valence-corrected chi connectivity index (χ0v) is 17.1. The molecule has 1 N–H and O–H groups in total. The predicted octanol–water partition coefficient (Wildman–Crippen LogP) is 4.24. The Labute approximate surface area is 178 Å². The highest BCUT2D eigenvalue weighted by Crippen LogP contribution is 2.33. The van der Waals surface area contributed by atoms with Crippen LogP contribution >= 0.6 is 0 Å². The molecule has 8 heteroatoms. The highest BCUT2D eigenvalue weighted by Gasteiger charge is 2.21. The van der Waals surface area contributed by atoms with Crippen LogP contribution < -0.4 is 10.1 Å². The van der Waals surface area contributed by atoms with Crippen molar-refractivity contribution in [2.45, 2.75) is 26.3 Å². The topological polar surface area (TPSA) is 90.1 Å². The molecule has 31 heavy (non-hydrogen) atoms. The molecule has 158 valence electrons. The van der Waals surface area contributed by atoms with E-state index in [9.17, 15) is 9.18 Å². The number of nitrogens with one attached hydrogen (secondary N) is 1. The van der Waals surface area contributed by atoms with E-state index < -0.39 is 0 Å². The highest BCUT2D eigenvalue weighted by atomic mass is 19.1. The molecule has 7 nitrogen and oxygen atoms in total. The van der Waals surface area contributed by atoms with Crippen molar-refractivity contribution >= 4 is 17.0 Å². The second kappa shape index (κ2) is 8.91. The number of carbonyl (C=O) groups is 1. The summed E-state index contributed by atoms with van der Waals surface area (Å²) in [5.41, 5.74) is 2.29. The number of aromatic nitrogens is 3. The lowest BCUT2D eigenvalue weighted by Crippen LogP contribution is -2.31. The predicted molar refractivity (Wildman–Crippen MR) is 113 cm³/mol. The molecule has 0 fully saturated rings. The lowest BCUT2D eigenvalue weighted by atomic mass is 10.1. The molecule has 2 aromatic heterocycles. The Morgan fingerprint density at radius 1 is 1.13 bits per heavy atom. The van der Waals surface area contributed by atoms with Crippen LogP contribution in [0, 0.1) is 5.82 Å². The molecule has 4 rings (SSSR count). The van der Waals surface area contributed by atoms with Gasteiger partial charge in [-0.1, -0.05) is 42.4 Å². The maximum atomic E-state index is 13.3. The van der Waals surface area contributed by atoms with Gasteiger partial charge in [-0.05, 0) is 36.8 Å². The zero-order chi connectivity index (χ0) is 21.8. The largest absolute Gasteiger partial charge is 0.467 e. The Bertz CT molecular complexity index is 1190. The van der Waals surface area contributed by atoms with E-state index in [1.807, 2.05) is 44.2 Å². The standard InChI is InChI=1S/C23H21FN4O3/c1-3-18-26-22(30-13-19(29)25-14(2)15-7-5-4-6-8-15)20-21(28-31-23(20)27-18)16-9-11-17(24)12-10-16/h4-12,14H,3,13H2,1-2H3,(H,25,29)/t14-/m1/s1. The van der Waals surface area contributed by atoms with Crippen LogP contribution in [0.25, 0.3) is 22.4 Å². The van der Waals surface area contributed by atoms with E-state index in [2.05, 4.69) is 20.4 Å². The number of fused-ring (bicyclic) bond motifs is 1. The number of aryl methyl sites for hydroxylation is 1. The molecule has 4 aromatic rings. The minimum atomic E-state index is -0.359. The molecule has 2 heterocycles. The fourth-order valence-electron chi connectivity index (χ4n) is 3.18. The molecule has 0 unspecified atom stereocenters. The van der Waals surface area contributed by atoms with Crippen molar-refractivity contribution < 1.29 is 18.4 Å². The summed E-state index contributed by atoms with van der Waals surface area (Å²) in [5.74, 6) is 0.0509. The normalized spacial score (nSPS) is 12.0. The van der Waals surface area contributed by atoms with Crippen LogP contribution in [0.1, 0.15) is 31.3 Å². The van der Waals surface area contributed by atoms with Gasteiger partial charge in [0.15, 0.2) is 6.61 Å². The summed E-state index contributed by atoms with van der Waals surface area (Å²) in [6.45, 7) is 3.56. The quantitative estimate of drug-likeness (QED) is 0.481. The monoisotopic (exact) mass is 420 g/mol. The third kappa shape index (κ3) is 4.53. The van der Waals surface area contributed by atoms with Crippen LogP contribution in [0.5, 0.6) is 5.88 Å². The van der Waals surface area contributed by atoms with Gasteiger partial charge in [-0.2, -0.15) is 9.97 Å². The molecule has 0 aliphatic heterocycles. The Kier molecular flexibility index (Phi) is 5.88. The van der Waals surface area contributed by atoms with Crippen molar-refractivity contribution in [1.82, 2.24) is 20.4 Å². The Morgan fingerprint density at radius 3 is 2.58 bits per heavy atom. The van der Waals surface area contributed by atoms with Gasteiger partial charge in [0.25, 0.3) is 11.6 Å². The van der Waals surface area contributed by atoms with E-state index in [0.717, 1.165) is 5.56 Å². The molecule has 0 aliphatic rings. The second-order valence-electron chi connectivity index (χ2n) is 7.01. The first-order valence-electron chi connectivity index (χ1n) is 9.94. The average molecular weight is 420 g/mol. The van der Waals surface area contributed by atoms with Gasteiger partial charge in [-0.25, -0.2) is 4.39 Å². The molecule has 0 saturated heterocycles. The van der Waals surface area contributed by atoms with Gasteiger partial charge in [0.2, 0.25) is 5.88 Å². The van der Waals surface area contributed by atoms with Gasteiger partial charge < -0.3 is 14.6 Å². The number of benzene rings is 2. The van der Waals surface area contributed by atoms with Gasteiger partial charge in [0, 0.05) is 12.0 Å². The Morgan fingerprint density at radius 2 is 1.87 bits per heavy atom. The third-order valence-electron chi connectivity index (χ3n) is 4.80. The van der Waals surface area contributed by atoms with Crippen LogP contribution in [-0.4, -0.2) is 27.6 Å². The lowest BCUT2D eigenvalue weighted by Gasteiger charge is -2.14. The first-order valence-corrected chi connectivity index (χ1v) is 9.94. The number of hydrogen-bond donors (Lipinski definition) is 1. The molecule has 0 spiro atoms. The highest BCUT2D eigenvalue weighted by molar-refractivity contribution is 5.93. The van der Waals surface area contributed by atoms with Crippen molar-refractivity contribution in [2.75, 3.05) is 6.61 Å². The zero-order valence-electron chi connectivity index (χ0n) is 17.1. The number of halogens is 1. The molecule has 0 radical (unpaired) electrons. The van der Waals surface area contributed by atoms with Gasteiger partial charge in [0.05, 0.1) is 6.04 Å². The maximum absolute atomic E-state index is 13.3. The number of carbonyl (C=O) groups excluding carboxylic acids is 1. The van der Waals surface area contributed by atoms with Crippen molar-refractivity contribution in [3.8, 4) is 17.1 Å². The van der Waals surface area contributed by atoms with Gasteiger partial charge in [-0.15, -0.1) is 0 Å². The fraction of sp³-hybridized carbons (Fsp3) is 0.217. The van der Waals surface area contributed by atoms with Crippen LogP contribution in [0.15, 0.2) is 59.1 Å². The van der Waals surface area contributed by atoms with E-state index >= 15 is 0 Å². The number of ether oxygens (including phenoxy) is 1. The van der Waals surface area contributed by atoms with Crippen molar-refractivity contribution in [3.63, 3.8) is 0 Å². The third-order valence-corrected chi connectivity index (χ3v) is 4.80. The number of rotatable bonds is 7. The summed E-state index contributed by atoms with van der Waals surface area (Å²) in [5, 5.41) is 7.41. The minimum absolute atomic E-state index is 0.167. The van der Waals surface area contributed by atoms with Crippen LogP contribution in [0.4, 0.5) is 4.39 Å². The molecule has 0 aliphatic carbocycles. The molecular weight excluding hydrogens is 399 g/mol. The van der Waals surface area contributed by atoms with Crippen molar-refractivity contribution in [2.24, 2.45) is 0 Å². The number of nitrogens with zero attached hydrogens (tertiary/aromatic N) is 3. The van der Waals surface area contributed by atoms with Gasteiger partial charge in [-0.3, -0.25) is 4.79 Å². The fourth-order valence-corrected chi connectivity index (χ4v) is 3.18. The number of amides is 1. The summed E-state index contributed by atoms with van der Waals surface area (Å²) in [6.07, 6.45) is 0.552. The van der Waals surface area contributed by atoms with Gasteiger partial charge in [0.1, 0.15) is 22.7 Å².